The van der Waals surface area contributed by atoms with Gasteiger partial charge >= 0.3 is 0 Å². The van der Waals surface area contributed by atoms with Crippen LogP contribution in [0.15, 0.2) is 35.8 Å². The first kappa shape index (κ1) is 9.57. The summed E-state index contributed by atoms with van der Waals surface area (Å²) in [5.74, 6) is 0. The van der Waals surface area contributed by atoms with Crippen molar-refractivity contribution in [2.24, 2.45) is 0 Å². The van der Waals surface area contributed by atoms with Gasteiger partial charge in [-0.05, 0) is 17.7 Å². The third-order valence-electron chi connectivity index (χ3n) is 1.16. The lowest BCUT2D eigenvalue weighted by Crippen LogP contribution is -1.69. The van der Waals surface area contributed by atoms with Crippen LogP contribution in [0.3, 0.4) is 0 Å². The van der Waals surface area contributed by atoms with Crippen LogP contribution in [0.2, 0.25) is 0 Å². The van der Waals surface area contributed by atoms with Crippen LogP contribution in [0, 0.1) is 0 Å². The Bertz CT molecular complexity index is 154. The SMILES string of the molecule is C=C(S)C/C=C\C(=C)CC. The highest BCUT2D eigenvalue weighted by Gasteiger charge is 1.82. The van der Waals surface area contributed by atoms with Crippen LogP contribution in [-0.2, 0) is 0 Å². The Balaban J connectivity index is 3.56. The predicted molar refractivity (Wildman–Crippen MR) is 51.3 cm³/mol. The average molecular weight is 154 g/mol. The van der Waals surface area contributed by atoms with Gasteiger partial charge in [-0.15, -0.1) is 12.6 Å². The summed E-state index contributed by atoms with van der Waals surface area (Å²) < 4.78 is 0. The zero-order chi connectivity index (χ0) is 7.98. The molecule has 0 radical (unpaired) electrons. The number of rotatable bonds is 4. The smallest absolute Gasteiger partial charge is 0.00425 e. The highest BCUT2D eigenvalue weighted by atomic mass is 32.1. The van der Waals surface area contributed by atoms with Crippen LogP contribution in [0.5, 0.6) is 0 Å². The van der Waals surface area contributed by atoms with Crippen LogP contribution in [0.25, 0.3) is 0 Å². The molecule has 0 fully saturated rings. The molecule has 0 aliphatic rings. The molecule has 0 spiro atoms. The molecule has 0 aliphatic heterocycles. The van der Waals surface area contributed by atoms with Crippen molar-refractivity contribution >= 4 is 12.6 Å². The van der Waals surface area contributed by atoms with Crippen molar-refractivity contribution in [1.82, 2.24) is 0 Å². The summed E-state index contributed by atoms with van der Waals surface area (Å²) in [5, 5.41) is 0. The number of allylic oxidation sites excluding steroid dienone is 4. The van der Waals surface area contributed by atoms with Gasteiger partial charge in [0.25, 0.3) is 0 Å². The van der Waals surface area contributed by atoms with Gasteiger partial charge in [-0.1, -0.05) is 37.8 Å². The van der Waals surface area contributed by atoms with Gasteiger partial charge < -0.3 is 0 Å². The van der Waals surface area contributed by atoms with Crippen molar-refractivity contribution in [1.29, 1.82) is 0 Å². The van der Waals surface area contributed by atoms with Gasteiger partial charge in [-0.3, -0.25) is 0 Å². The van der Waals surface area contributed by atoms with Crippen molar-refractivity contribution in [3.05, 3.63) is 35.8 Å². The Morgan fingerprint density at radius 2 is 2.10 bits per heavy atom. The molecule has 0 saturated heterocycles. The van der Waals surface area contributed by atoms with Gasteiger partial charge in [0.1, 0.15) is 0 Å². The van der Waals surface area contributed by atoms with Gasteiger partial charge in [0.2, 0.25) is 0 Å². The molecule has 0 rings (SSSR count). The minimum absolute atomic E-state index is 0.835. The number of hydrogen-bond acceptors (Lipinski definition) is 1. The van der Waals surface area contributed by atoms with Gasteiger partial charge in [-0.25, -0.2) is 0 Å². The standard InChI is InChI=1S/C9H14S/c1-4-8(2)6-5-7-9(3)10/h5-6,10H,2-4,7H2,1H3/b6-5-. The van der Waals surface area contributed by atoms with Gasteiger partial charge in [0, 0.05) is 0 Å². The number of hydrogen-bond donors (Lipinski definition) is 1. The minimum atomic E-state index is 0.835. The topological polar surface area (TPSA) is 0 Å². The summed E-state index contributed by atoms with van der Waals surface area (Å²) in [7, 11) is 0. The van der Waals surface area contributed by atoms with Crippen LogP contribution in [0.1, 0.15) is 19.8 Å². The second-order valence-corrected chi connectivity index (χ2v) is 2.82. The molecule has 0 aliphatic carbocycles. The van der Waals surface area contributed by atoms with Gasteiger partial charge in [-0.2, -0.15) is 0 Å². The van der Waals surface area contributed by atoms with E-state index in [1.165, 1.54) is 0 Å². The second kappa shape index (κ2) is 5.36. The third kappa shape index (κ3) is 5.70. The van der Waals surface area contributed by atoms with Gasteiger partial charge in [0.15, 0.2) is 0 Å². The Labute approximate surface area is 68.7 Å². The molecule has 0 aromatic carbocycles. The van der Waals surface area contributed by atoms with Crippen molar-refractivity contribution in [3.63, 3.8) is 0 Å². The summed E-state index contributed by atoms with van der Waals surface area (Å²) in [5.41, 5.74) is 1.15. The van der Waals surface area contributed by atoms with E-state index < -0.39 is 0 Å². The van der Waals surface area contributed by atoms with Crippen molar-refractivity contribution in [3.8, 4) is 0 Å². The summed E-state index contributed by atoms with van der Waals surface area (Å²) in [6.07, 6.45) is 5.89. The quantitative estimate of drug-likeness (QED) is 0.466. The molecular formula is C9H14S. The van der Waals surface area contributed by atoms with E-state index in [0.717, 1.165) is 23.3 Å². The maximum atomic E-state index is 4.05. The molecular weight excluding hydrogens is 140 g/mol. The second-order valence-electron chi connectivity index (χ2n) is 2.18. The zero-order valence-electron chi connectivity index (χ0n) is 6.43. The first-order valence-electron chi connectivity index (χ1n) is 3.38. The van der Waals surface area contributed by atoms with Crippen molar-refractivity contribution < 1.29 is 0 Å². The fraction of sp³-hybridized carbons (Fsp3) is 0.333. The van der Waals surface area contributed by atoms with E-state index in [1.54, 1.807) is 0 Å². The maximum Gasteiger partial charge on any atom is -0.00425 e. The lowest BCUT2D eigenvalue weighted by molar-refractivity contribution is 1.15. The Kier molecular flexibility index (Phi) is 5.13. The van der Waals surface area contributed by atoms with E-state index >= 15 is 0 Å². The summed E-state index contributed by atoms with van der Waals surface area (Å²) in [6.45, 7) is 9.58. The van der Waals surface area contributed by atoms with E-state index in [-0.39, 0.29) is 0 Å². The fourth-order valence-corrected chi connectivity index (χ4v) is 0.585. The molecule has 0 nitrogen and oxygen atoms in total. The molecule has 0 bridgehead atoms. The predicted octanol–water partition coefficient (Wildman–Crippen LogP) is 3.34. The van der Waals surface area contributed by atoms with Crippen LogP contribution in [0.4, 0.5) is 0 Å². The Morgan fingerprint density at radius 1 is 1.50 bits per heavy atom. The molecule has 0 N–H and O–H groups in total. The van der Waals surface area contributed by atoms with Gasteiger partial charge in [0.05, 0.1) is 0 Å². The van der Waals surface area contributed by atoms with Crippen molar-refractivity contribution in [2.75, 3.05) is 0 Å². The first-order valence-corrected chi connectivity index (χ1v) is 3.82. The summed E-state index contributed by atoms with van der Waals surface area (Å²) >= 11 is 4.05. The monoisotopic (exact) mass is 154 g/mol. The molecule has 0 aromatic rings. The van der Waals surface area contributed by atoms with E-state index in [0.29, 0.717) is 0 Å². The van der Waals surface area contributed by atoms with Crippen LogP contribution in [-0.4, -0.2) is 0 Å². The average Bonchev–Trinajstić information content (AvgIpc) is 1.87. The van der Waals surface area contributed by atoms with Crippen molar-refractivity contribution in [2.45, 2.75) is 19.8 Å². The Hall–Kier alpha value is -0.430. The molecule has 0 heterocycles. The summed E-state index contributed by atoms with van der Waals surface area (Å²) in [4.78, 5) is 0.889. The Morgan fingerprint density at radius 3 is 2.50 bits per heavy atom. The molecule has 56 valence electrons. The molecule has 0 atom stereocenters. The minimum Gasteiger partial charge on any atom is -0.148 e. The first-order chi connectivity index (χ1) is 4.66. The highest BCUT2D eigenvalue weighted by Crippen LogP contribution is 2.05. The molecule has 0 aromatic heterocycles. The van der Waals surface area contributed by atoms with Crippen LogP contribution < -0.4 is 0 Å². The zero-order valence-corrected chi connectivity index (χ0v) is 7.32. The molecule has 0 saturated carbocycles. The fourth-order valence-electron chi connectivity index (χ4n) is 0.479. The molecule has 10 heavy (non-hydrogen) atoms. The number of thiol groups is 1. The van der Waals surface area contributed by atoms with Crippen LogP contribution >= 0.6 is 12.6 Å². The van der Waals surface area contributed by atoms with E-state index in [1.807, 2.05) is 12.2 Å². The van der Waals surface area contributed by atoms with E-state index in [2.05, 4.69) is 32.7 Å². The summed E-state index contributed by atoms with van der Waals surface area (Å²) in [6, 6.07) is 0. The largest absolute Gasteiger partial charge is 0.148 e. The third-order valence-corrected chi connectivity index (χ3v) is 1.34. The van der Waals surface area contributed by atoms with E-state index in [9.17, 15) is 0 Å². The van der Waals surface area contributed by atoms with E-state index in [4.69, 9.17) is 0 Å². The molecule has 0 unspecified atom stereocenters. The maximum absolute atomic E-state index is 4.05. The highest BCUT2D eigenvalue weighted by molar-refractivity contribution is 7.84. The molecule has 0 amide bonds. The normalized spacial score (nSPS) is 10.2. The molecule has 1 heteroatoms. The lowest BCUT2D eigenvalue weighted by Gasteiger charge is -1.91. The lowest BCUT2D eigenvalue weighted by atomic mass is 10.2.